The van der Waals surface area contributed by atoms with E-state index in [4.69, 9.17) is 9.47 Å². The van der Waals surface area contributed by atoms with Crippen molar-refractivity contribution in [1.82, 2.24) is 4.90 Å². The lowest BCUT2D eigenvalue weighted by atomic mass is 9.95. The molecule has 4 heteroatoms. The Morgan fingerprint density at radius 1 is 1.06 bits per heavy atom. The van der Waals surface area contributed by atoms with Crippen LogP contribution in [0.15, 0.2) is 0 Å². The van der Waals surface area contributed by atoms with E-state index in [1.165, 1.54) is 0 Å². The van der Waals surface area contributed by atoms with E-state index in [9.17, 15) is 4.79 Å². The summed E-state index contributed by atoms with van der Waals surface area (Å²) in [6, 6.07) is 0. The highest BCUT2D eigenvalue weighted by molar-refractivity contribution is 5.58. The van der Waals surface area contributed by atoms with Crippen molar-refractivity contribution in [3.63, 3.8) is 0 Å². The summed E-state index contributed by atoms with van der Waals surface area (Å²) in [7, 11) is 0. The van der Waals surface area contributed by atoms with Gasteiger partial charge in [-0.1, -0.05) is 13.8 Å². The van der Waals surface area contributed by atoms with Crippen LogP contribution < -0.4 is 0 Å². The summed E-state index contributed by atoms with van der Waals surface area (Å²) >= 11 is 0. The maximum absolute atomic E-state index is 10.9. The molecule has 0 aliphatic carbocycles. The average Bonchev–Trinajstić information content (AvgIpc) is 2.29. The van der Waals surface area contributed by atoms with E-state index < -0.39 is 0 Å². The first-order chi connectivity index (χ1) is 8.05. The Balaban J connectivity index is 4.04. The lowest BCUT2D eigenvalue weighted by molar-refractivity contribution is -0.115. The number of aldehydes is 1. The van der Waals surface area contributed by atoms with Crippen LogP contribution in [0.1, 0.15) is 27.7 Å². The van der Waals surface area contributed by atoms with Gasteiger partial charge in [0.05, 0.1) is 13.2 Å². The van der Waals surface area contributed by atoms with Crippen LogP contribution in [-0.2, 0) is 14.3 Å². The molecular weight excluding hydrogens is 218 g/mol. The van der Waals surface area contributed by atoms with Gasteiger partial charge in [-0.2, -0.15) is 0 Å². The number of ether oxygens (including phenoxy) is 2. The largest absolute Gasteiger partial charge is 0.380 e. The number of hydrogen-bond acceptors (Lipinski definition) is 4. The third kappa shape index (κ3) is 9.27. The van der Waals surface area contributed by atoms with Gasteiger partial charge in [0.2, 0.25) is 0 Å². The minimum absolute atomic E-state index is 0.307. The highest BCUT2D eigenvalue weighted by atomic mass is 16.5. The van der Waals surface area contributed by atoms with Gasteiger partial charge in [-0.25, -0.2) is 0 Å². The van der Waals surface area contributed by atoms with E-state index in [-0.39, 0.29) is 5.41 Å². The van der Waals surface area contributed by atoms with E-state index in [0.717, 1.165) is 39.1 Å². The van der Waals surface area contributed by atoms with Crippen LogP contribution >= 0.6 is 0 Å². The predicted molar refractivity (Wildman–Crippen MR) is 69.3 cm³/mol. The van der Waals surface area contributed by atoms with Crippen molar-refractivity contribution < 1.29 is 14.3 Å². The zero-order valence-electron chi connectivity index (χ0n) is 11.7. The summed E-state index contributed by atoms with van der Waals surface area (Å²) in [6.07, 6.45) is 1.02. The standard InChI is InChI=1S/C13H27NO3/c1-5-16-9-7-14(8-10-17-6-2)11-13(3,4)12-15/h12H,5-11H2,1-4H3. The molecule has 0 spiro atoms. The van der Waals surface area contributed by atoms with Gasteiger partial charge in [0, 0.05) is 38.3 Å². The Morgan fingerprint density at radius 2 is 1.53 bits per heavy atom. The first-order valence-corrected chi connectivity index (χ1v) is 6.40. The molecule has 0 amide bonds. The number of nitrogens with zero attached hydrogens (tertiary/aromatic N) is 1. The van der Waals surface area contributed by atoms with Crippen LogP contribution in [-0.4, -0.2) is 57.2 Å². The van der Waals surface area contributed by atoms with Gasteiger partial charge in [0.15, 0.2) is 0 Å². The molecule has 0 rings (SSSR count). The van der Waals surface area contributed by atoms with Gasteiger partial charge in [-0.3, -0.25) is 4.90 Å². The molecule has 0 radical (unpaired) electrons. The third-order valence-corrected chi connectivity index (χ3v) is 2.46. The fourth-order valence-electron chi connectivity index (χ4n) is 1.56. The lowest BCUT2D eigenvalue weighted by Crippen LogP contribution is -2.39. The molecule has 0 unspecified atom stereocenters. The molecule has 0 heterocycles. The second-order valence-electron chi connectivity index (χ2n) is 4.78. The molecule has 0 saturated carbocycles. The van der Waals surface area contributed by atoms with Crippen molar-refractivity contribution in [2.24, 2.45) is 5.41 Å². The summed E-state index contributed by atoms with van der Waals surface area (Å²) in [5.74, 6) is 0. The zero-order chi connectivity index (χ0) is 13.1. The Kier molecular flexibility index (Phi) is 9.31. The average molecular weight is 245 g/mol. The number of rotatable bonds is 11. The molecule has 0 aliphatic heterocycles. The molecule has 102 valence electrons. The summed E-state index contributed by atoms with van der Waals surface area (Å²) in [5, 5.41) is 0. The van der Waals surface area contributed by atoms with Crippen LogP contribution in [0.5, 0.6) is 0 Å². The van der Waals surface area contributed by atoms with Crippen LogP contribution in [0.3, 0.4) is 0 Å². The monoisotopic (exact) mass is 245 g/mol. The highest BCUT2D eigenvalue weighted by Gasteiger charge is 2.20. The molecule has 0 aromatic carbocycles. The molecule has 4 nitrogen and oxygen atoms in total. The molecule has 0 fully saturated rings. The number of carbonyl (C=O) groups is 1. The minimum Gasteiger partial charge on any atom is -0.380 e. The van der Waals surface area contributed by atoms with Gasteiger partial charge in [-0.15, -0.1) is 0 Å². The van der Waals surface area contributed by atoms with Gasteiger partial charge in [-0.05, 0) is 13.8 Å². The van der Waals surface area contributed by atoms with Crippen LogP contribution in [0.4, 0.5) is 0 Å². The topological polar surface area (TPSA) is 38.8 Å². The Hall–Kier alpha value is -0.450. The number of hydrogen-bond donors (Lipinski definition) is 0. The van der Waals surface area contributed by atoms with E-state index >= 15 is 0 Å². The van der Waals surface area contributed by atoms with Crippen molar-refractivity contribution >= 4 is 6.29 Å². The van der Waals surface area contributed by atoms with Crippen LogP contribution in [0.2, 0.25) is 0 Å². The van der Waals surface area contributed by atoms with E-state index in [2.05, 4.69) is 4.90 Å². The summed E-state index contributed by atoms with van der Waals surface area (Å²) in [5.41, 5.74) is -0.307. The Morgan fingerprint density at radius 3 is 1.88 bits per heavy atom. The van der Waals surface area contributed by atoms with Crippen molar-refractivity contribution in [2.75, 3.05) is 46.1 Å². The van der Waals surface area contributed by atoms with E-state index in [1.807, 2.05) is 27.7 Å². The van der Waals surface area contributed by atoms with Crippen molar-refractivity contribution in [1.29, 1.82) is 0 Å². The summed E-state index contributed by atoms with van der Waals surface area (Å²) in [4.78, 5) is 13.2. The Bertz CT molecular complexity index is 185. The predicted octanol–water partition coefficient (Wildman–Crippen LogP) is 1.59. The molecule has 0 bridgehead atoms. The van der Waals surface area contributed by atoms with Gasteiger partial charge in [0.1, 0.15) is 6.29 Å². The first kappa shape index (κ1) is 16.6. The molecule has 0 aliphatic rings. The van der Waals surface area contributed by atoms with Crippen LogP contribution in [0.25, 0.3) is 0 Å². The molecular formula is C13H27NO3. The van der Waals surface area contributed by atoms with E-state index in [0.29, 0.717) is 13.2 Å². The number of carbonyl (C=O) groups excluding carboxylic acids is 1. The van der Waals surface area contributed by atoms with Crippen molar-refractivity contribution in [2.45, 2.75) is 27.7 Å². The second-order valence-corrected chi connectivity index (χ2v) is 4.78. The molecule has 0 atom stereocenters. The summed E-state index contributed by atoms with van der Waals surface area (Å²) in [6.45, 7) is 13.2. The molecule has 17 heavy (non-hydrogen) atoms. The SMILES string of the molecule is CCOCCN(CCOCC)CC(C)(C)C=O. The third-order valence-electron chi connectivity index (χ3n) is 2.46. The molecule has 0 aromatic rings. The minimum atomic E-state index is -0.307. The van der Waals surface area contributed by atoms with Gasteiger partial charge >= 0.3 is 0 Å². The normalized spacial score (nSPS) is 12.1. The highest BCUT2D eigenvalue weighted by Crippen LogP contribution is 2.13. The molecule has 0 aromatic heterocycles. The maximum Gasteiger partial charge on any atom is 0.126 e. The summed E-state index contributed by atoms with van der Waals surface area (Å²) < 4.78 is 10.7. The fourth-order valence-corrected chi connectivity index (χ4v) is 1.56. The lowest BCUT2D eigenvalue weighted by Gasteiger charge is -2.28. The zero-order valence-corrected chi connectivity index (χ0v) is 11.7. The van der Waals surface area contributed by atoms with Crippen molar-refractivity contribution in [3.8, 4) is 0 Å². The van der Waals surface area contributed by atoms with Crippen LogP contribution in [0, 0.1) is 5.41 Å². The van der Waals surface area contributed by atoms with Gasteiger partial charge in [0.25, 0.3) is 0 Å². The smallest absolute Gasteiger partial charge is 0.126 e. The van der Waals surface area contributed by atoms with Gasteiger partial charge < -0.3 is 14.3 Å². The molecule has 0 N–H and O–H groups in total. The van der Waals surface area contributed by atoms with Crippen molar-refractivity contribution in [3.05, 3.63) is 0 Å². The quantitative estimate of drug-likeness (QED) is 0.409. The Labute approximate surface area is 105 Å². The first-order valence-electron chi connectivity index (χ1n) is 6.40. The maximum atomic E-state index is 10.9. The second kappa shape index (κ2) is 9.57. The van der Waals surface area contributed by atoms with E-state index in [1.54, 1.807) is 0 Å². The molecule has 0 saturated heterocycles. The fraction of sp³-hybridized carbons (Fsp3) is 0.923.